The van der Waals surface area contributed by atoms with Crippen molar-refractivity contribution in [2.45, 2.75) is 19.8 Å². The van der Waals surface area contributed by atoms with Gasteiger partial charge in [0, 0.05) is 23.6 Å². The number of nitrogens with one attached hydrogen (secondary N) is 1. The van der Waals surface area contributed by atoms with Gasteiger partial charge in [-0.3, -0.25) is 4.79 Å². The fourth-order valence-corrected chi connectivity index (χ4v) is 2.74. The molecule has 106 valence electrons. The molecule has 0 radical (unpaired) electrons. The number of fused-ring (bicyclic) bond motifs is 1. The number of carbonyl (C=O) groups excluding carboxylic acids is 1. The molecule has 0 saturated heterocycles. The Balaban J connectivity index is 0.00000180. The first-order chi connectivity index (χ1) is 8.69. The van der Waals surface area contributed by atoms with Crippen LogP contribution in [0.4, 0.5) is 0 Å². The molecule has 0 aliphatic heterocycles. The van der Waals surface area contributed by atoms with Crippen molar-refractivity contribution in [2.75, 3.05) is 20.2 Å². The van der Waals surface area contributed by atoms with E-state index in [9.17, 15) is 4.79 Å². The van der Waals surface area contributed by atoms with Crippen LogP contribution in [0.5, 0.6) is 5.75 Å². The van der Waals surface area contributed by atoms with Crippen molar-refractivity contribution >= 4 is 29.8 Å². The van der Waals surface area contributed by atoms with Crippen LogP contribution >= 0.6 is 24.0 Å². The van der Waals surface area contributed by atoms with E-state index in [0.29, 0.717) is 10.6 Å². The fourth-order valence-electron chi connectivity index (χ4n) is 2.47. The van der Waals surface area contributed by atoms with Crippen LogP contribution in [0.3, 0.4) is 0 Å². The lowest BCUT2D eigenvalue weighted by atomic mass is 9.82. The van der Waals surface area contributed by atoms with Gasteiger partial charge in [-0.25, -0.2) is 0 Å². The molecule has 1 aliphatic carbocycles. The van der Waals surface area contributed by atoms with Gasteiger partial charge in [0.2, 0.25) is 0 Å². The minimum Gasteiger partial charge on any atom is -0.496 e. The molecule has 0 heterocycles. The number of methoxy groups -OCH3 is 1. The first-order valence-corrected chi connectivity index (χ1v) is 6.67. The molecule has 2 rings (SSSR count). The zero-order valence-electron chi connectivity index (χ0n) is 11.2. The number of hydrogen-bond donors (Lipinski definition) is 1. The average molecular weight is 304 g/mol. The molecule has 0 spiro atoms. The minimum atomic E-state index is 0. The van der Waals surface area contributed by atoms with Crippen LogP contribution in [0.15, 0.2) is 12.1 Å². The van der Waals surface area contributed by atoms with Gasteiger partial charge in [-0.2, -0.15) is 0 Å². The van der Waals surface area contributed by atoms with E-state index >= 15 is 0 Å². The lowest BCUT2D eigenvalue weighted by Gasteiger charge is -2.25. The van der Waals surface area contributed by atoms with E-state index in [0.717, 1.165) is 37.2 Å². The standard InChI is InChI=1S/C14H18ClNO2.ClH/c1-3-16-8-9-4-5-10-12(18-2)7-6-11(15)13(10)14(9)17;/h6-7,9,16H,3-5,8H2,1-2H3;1H. The molecule has 0 amide bonds. The lowest BCUT2D eigenvalue weighted by Crippen LogP contribution is -2.32. The minimum absolute atomic E-state index is 0. The van der Waals surface area contributed by atoms with E-state index in [-0.39, 0.29) is 24.1 Å². The van der Waals surface area contributed by atoms with Crippen LogP contribution in [0.2, 0.25) is 5.02 Å². The summed E-state index contributed by atoms with van der Waals surface area (Å²) < 4.78 is 5.31. The molecule has 0 saturated carbocycles. The molecule has 1 atom stereocenters. The van der Waals surface area contributed by atoms with E-state index in [2.05, 4.69) is 5.32 Å². The number of benzene rings is 1. The maximum absolute atomic E-state index is 12.4. The van der Waals surface area contributed by atoms with Gasteiger partial charge in [-0.15, -0.1) is 12.4 Å². The molecule has 3 nitrogen and oxygen atoms in total. The van der Waals surface area contributed by atoms with Crippen molar-refractivity contribution in [3.8, 4) is 5.75 Å². The van der Waals surface area contributed by atoms with Gasteiger partial charge in [0.1, 0.15) is 5.75 Å². The highest BCUT2D eigenvalue weighted by atomic mass is 35.5. The Labute approximate surface area is 125 Å². The van der Waals surface area contributed by atoms with Crippen molar-refractivity contribution < 1.29 is 9.53 Å². The van der Waals surface area contributed by atoms with Crippen molar-refractivity contribution in [3.05, 3.63) is 28.3 Å². The van der Waals surface area contributed by atoms with Crippen LogP contribution < -0.4 is 10.1 Å². The van der Waals surface area contributed by atoms with Gasteiger partial charge in [0.25, 0.3) is 0 Å². The second-order valence-corrected chi connectivity index (χ2v) is 4.92. The summed E-state index contributed by atoms with van der Waals surface area (Å²) in [5.41, 5.74) is 1.62. The van der Waals surface area contributed by atoms with Crippen LogP contribution in [0, 0.1) is 5.92 Å². The van der Waals surface area contributed by atoms with Gasteiger partial charge in [0.05, 0.1) is 12.1 Å². The smallest absolute Gasteiger partial charge is 0.169 e. The number of Topliss-reactive ketones (excluding diaryl/α,β-unsaturated/α-hetero) is 1. The number of ketones is 1. The quantitative estimate of drug-likeness (QED) is 0.929. The van der Waals surface area contributed by atoms with Gasteiger partial charge in [-0.1, -0.05) is 18.5 Å². The topological polar surface area (TPSA) is 38.3 Å². The second kappa shape index (κ2) is 7.13. The SMILES string of the molecule is CCNCC1CCc2c(OC)ccc(Cl)c2C1=O.Cl. The third-order valence-corrected chi connectivity index (χ3v) is 3.75. The van der Waals surface area contributed by atoms with Crippen LogP contribution in [-0.2, 0) is 6.42 Å². The summed E-state index contributed by atoms with van der Waals surface area (Å²) in [4.78, 5) is 12.4. The third kappa shape index (κ3) is 3.22. The molecule has 1 N–H and O–H groups in total. The van der Waals surface area contributed by atoms with Crippen molar-refractivity contribution in [1.29, 1.82) is 0 Å². The summed E-state index contributed by atoms with van der Waals surface area (Å²) in [5.74, 6) is 0.938. The van der Waals surface area contributed by atoms with E-state index in [1.807, 2.05) is 13.0 Å². The molecule has 1 aliphatic rings. The molecule has 1 unspecified atom stereocenters. The summed E-state index contributed by atoms with van der Waals surface area (Å²) in [6.45, 7) is 3.64. The summed E-state index contributed by atoms with van der Waals surface area (Å²) in [6, 6.07) is 3.58. The first kappa shape index (κ1) is 16.3. The first-order valence-electron chi connectivity index (χ1n) is 6.29. The number of carbonyl (C=O) groups is 1. The Morgan fingerprint density at radius 3 is 2.84 bits per heavy atom. The average Bonchev–Trinajstić information content (AvgIpc) is 2.38. The zero-order chi connectivity index (χ0) is 13.1. The number of hydrogen-bond acceptors (Lipinski definition) is 3. The largest absolute Gasteiger partial charge is 0.496 e. The predicted molar refractivity (Wildman–Crippen MR) is 79.9 cm³/mol. The molecule has 0 aromatic heterocycles. The summed E-state index contributed by atoms with van der Waals surface area (Å²) in [5, 5.41) is 3.77. The molecule has 1 aromatic carbocycles. The predicted octanol–water partition coefficient (Wildman–Crippen LogP) is 3.13. The van der Waals surface area contributed by atoms with Gasteiger partial charge in [-0.05, 0) is 31.5 Å². The van der Waals surface area contributed by atoms with Crippen molar-refractivity contribution in [1.82, 2.24) is 5.32 Å². The number of halogens is 2. The highest BCUT2D eigenvalue weighted by Gasteiger charge is 2.30. The summed E-state index contributed by atoms with van der Waals surface area (Å²) >= 11 is 6.17. The Kier molecular flexibility index (Phi) is 6.11. The third-order valence-electron chi connectivity index (χ3n) is 3.44. The van der Waals surface area contributed by atoms with Crippen molar-refractivity contribution in [3.63, 3.8) is 0 Å². The fraction of sp³-hybridized carbons (Fsp3) is 0.500. The Hall–Kier alpha value is -0.770. The maximum Gasteiger partial charge on any atom is 0.169 e. The van der Waals surface area contributed by atoms with E-state index in [1.165, 1.54) is 0 Å². The van der Waals surface area contributed by atoms with Crippen LogP contribution in [0.1, 0.15) is 29.3 Å². The van der Waals surface area contributed by atoms with Gasteiger partial charge in [0.15, 0.2) is 5.78 Å². The highest BCUT2D eigenvalue weighted by molar-refractivity contribution is 6.34. The Bertz CT molecular complexity index is 463. The van der Waals surface area contributed by atoms with E-state index in [1.54, 1.807) is 13.2 Å². The Morgan fingerprint density at radius 2 is 2.21 bits per heavy atom. The van der Waals surface area contributed by atoms with Crippen LogP contribution in [0.25, 0.3) is 0 Å². The Morgan fingerprint density at radius 1 is 1.47 bits per heavy atom. The molecule has 0 bridgehead atoms. The summed E-state index contributed by atoms with van der Waals surface area (Å²) in [7, 11) is 1.62. The zero-order valence-corrected chi connectivity index (χ0v) is 12.7. The van der Waals surface area contributed by atoms with E-state index < -0.39 is 0 Å². The molecule has 5 heteroatoms. The van der Waals surface area contributed by atoms with E-state index in [4.69, 9.17) is 16.3 Å². The van der Waals surface area contributed by atoms with Gasteiger partial charge < -0.3 is 10.1 Å². The highest BCUT2D eigenvalue weighted by Crippen LogP contribution is 2.36. The molecular weight excluding hydrogens is 285 g/mol. The monoisotopic (exact) mass is 303 g/mol. The molecule has 19 heavy (non-hydrogen) atoms. The molecule has 0 fully saturated rings. The molecular formula is C14H19Cl2NO2. The number of rotatable bonds is 4. The maximum atomic E-state index is 12.4. The lowest BCUT2D eigenvalue weighted by molar-refractivity contribution is 0.0900. The van der Waals surface area contributed by atoms with Gasteiger partial charge >= 0.3 is 0 Å². The number of ether oxygens (including phenoxy) is 1. The van der Waals surface area contributed by atoms with Crippen LogP contribution in [-0.4, -0.2) is 26.0 Å². The second-order valence-electron chi connectivity index (χ2n) is 4.51. The molecule has 1 aromatic rings. The normalized spacial score (nSPS) is 17.6. The van der Waals surface area contributed by atoms with Crippen molar-refractivity contribution in [2.24, 2.45) is 5.92 Å². The summed E-state index contributed by atoms with van der Waals surface area (Å²) in [6.07, 6.45) is 1.70.